The van der Waals surface area contributed by atoms with Crippen molar-refractivity contribution in [2.75, 3.05) is 19.1 Å². The van der Waals surface area contributed by atoms with Gasteiger partial charge in [-0.15, -0.1) is 0 Å². The zero-order chi connectivity index (χ0) is 10.5. The molecule has 0 heterocycles. The van der Waals surface area contributed by atoms with Crippen molar-refractivity contribution in [1.29, 1.82) is 0 Å². The van der Waals surface area contributed by atoms with E-state index < -0.39 is 9.84 Å². The zero-order valence-corrected chi connectivity index (χ0v) is 9.30. The van der Waals surface area contributed by atoms with Crippen molar-refractivity contribution in [2.24, 2.45) is 5.73 Å². The molecule has 80 valence electrons. The molecule has 0 aliphatic carbocycles. The number of hydrogen-bond donors (Lipinski definition) is 1. The Morgan fingerprint density at radius 1 is 1.46 bits per heavy atom. The van der Waals surface area contributed by atoms with Crippen LogP contribution in [0.5, 0.6) is 0 Å². The van der Waals surface area contributed by atoms with Gasteiger partial charge in [-0.05, 0) is 12.8 Å². The van der Waals surface area contributed by atoms with Gasteiger partial charge in [-0.3, -0.25) is 0 Å². The van der Waals surface area contributed by atoms with Crippen LogP contribution in [0.2, 0.25) is 0 Å². The van der Waals surface area contributed by atoms with E-state index in [4.69, 9.17) is 10.5 Å². The van der Waals surface area contributed by atoms with Crippen LogP contribution >= 0.6 is 0 Å². The molecule has 0 aromatic heterocycles. The van der Waals surface area contributed by atoms with E-state index in [0.717, 1.165) is 6.42 Å². The van der Waals surface area contributed by atoms with E-state index in [-0.39, 0.29) is 17.9 Å². The molecule has 2 unspecified atom stereocenters. The van der Waals surface area contributed by atoms with Gasteiger partial charge in [0.1, 0.15) is 9.84 Å². The summed E-state index contributed by atoms with van der Waals surface area (Å²) >= 11 is 0. The minimum atomic E-state index is -2.90. The van der Waals surface area contributed by atoms with Crippen LogP contribution in [-0.4, -0.2) is 39.7 Å². The Hall–Kier alpha value is -0.130. The molecule has 2 atom stereocenters. The van der Waals surface area contributed by atoms with Crippen molar-refractivity contribution in [3.63, 3.8) is 0 Å². The maximum Gasteiger partial charge on any atom is 0.147 e. The molecule has 0 spiro atoms. The topological polar surface area (TPSA) is 69.4 Å². The molecule has 4 nitrogen and oxygen atoms in total. The molecular weight excluding hydrogens is 190 g/mol. The second kappa shape index (κ2) is 5.57. The van der Waals surface area contributed by atoms with Crippen LogP contribution in [0.1, 0.15) is 19.8 Å². The predicted molar refractivity (Wildman–Crippen MR) is 53.4 cm³/mol. The lowest BCUT2D eigenvalue weighted by Crippen LogP contribution is -2.37. The van der Waals surface area contributed by atoms with Crippen LogP contribution in [0.25, 0.3) is 0 Å². The number of nitrogens with two attached hydrogens (primary N) is 1. The highest BCUT2D eigenvalue weighted by Gasteiger charge is 2.16. The van der Waals surface area contributed by atoms with Crippen LogP contribution in [0.15, 0.2) is 0 Å². The van der Waals surface area contributed by atoms with Crippen LogP contribution in [0.3, 0.4) is 0 Å². The Morgan fingerprint density at radius 3 is 2.31 bits per heavy atom. The maximum atomic E-state index is 10.8. The van der Waals surface area contributed by atoms with Gasteiger partial charge >= 0.3 is 0 Å². The first kappa shape index (κ1) is 12.9. The number of ether oxygens (including phenoxy) is 1. The number of sulfone groups is 1. The average Bonchev–Trinajstić information content (AvgIpc) is 2.02. The highest BCUT2D eigenvalue weighted by molar-refractivity contribution is 7.90. The van der Waals surface area contributed by atoms with Crippen molar-refractivity contribution in [2.45, 2.75) is 31.9 Å². The third-order valence-electron chi connectivity index (χ3n) is 2.00. The Labute approximate surface area is 80.4 Å². The summed E-state index contributed by atoms with van der Waals surface area (Å²) in [6, 6.07) is -0.190. The number of hydrogen-bond acceptors (Lipinski definition) is 4. The van der Waals surface area contributed by atoms with Crippen molar-refractivity contribution in [3.05, 3.63) is 0 Å². The molecule has 2 N–H and O–H groups in total. The van der Waals surface area contributed by atoms with Gasteiger partial charge in [-0.1, -0.05) is 6.92 Å². The summed E-state index contributed by atoms with van der Waals surface area (Å²) in [7, 11) is -1.31. The van der Waals surface area contributed by atoms with Crippen molar-refractivity contribution in [1.82, 2.24) is 0 Å². The van der Waals surface area contributed by atoms with Crippen molar-refractivity contribution >= 4 is 9.84 Å². The smallest absolute Gasteiger partial charge is 0.147 e. The molecule has 0 aliphatic rings. The molecule has 0 aromatic carbocycles. The van der Waals surface area contributed by atoms with E-state index in [1.807, 2.05) is 6.92 Å². The molecule has 0 radical (unpaired) electrons. The first-order chi connectivity index (χ1) is 5.90. The molecule has 0 bridgehead atoms. The fraction of sp³-hybridized carbons (Fsp3) is 1.00. The van der Waals surface area contributed by atoms with Gasteiger partial charge in [-0.25, -0.2) is 8.42 Å². The molecule has 0 aromatic rings. The molecule has 0 saturated carbocycles. The van der Waals surface area contributed by atoms with E-state index in [2.05, 4.69) is 0 Å². The van der Waals surface area contributed by atoms with Crippen LogP contribution in [0, 0.1) is 0 Å². The SMILES string of the molecule is CCC(OC)C(N)CCS(C)(=O)=O. The van der Waals surface area contributed by atoms with E-state index in [9.17, 15) is 8.42 Å². The molecule has 0 fully saturated rings. The van der Waals surface area contributed by atoms with Gasteiger partial charge in [0.05, 0.1) is 11.9 Å². The third kappa shape index (κ3) is 6.01. The summed E-state index contributed by atoms with van der Waals surface area (Å²) in [5.74, 6) is 0.133. The van der Waals surface area contributed by atoms with Gasteiger partial charge in [0, 0.05) is 19.4 Å². The average molecular weight is 209 g/mol. The molecule has 13 heavy (non-hydrogen) atoms. The lowest BCUT2D eigenvalue weighted by molar-refractivity contribution is 0.0764. The van der Waals surface area contributed by atoms with Crippen LogP contribution < -0.4 is 5.73 Å². The predicted octanol–water partition coefficient (Wildman–Crippen LogP) is 0.173. The lowest BCUT2D eigenvalue weighted by atomic mass is 10.1. The normalized spacial score (nSPS) is 16.9. The summed E-state index contributed by atoms with van der Waals surface area (Å²) in [4.78, 5) is 0. The summed E-state index contributed by atoms with van der Waals surface area (Å²) in [5.41, 5.74) is 5.76. The first-order valence-corrected chi connectivity index (χ1v) is 6.42. The van der Waals surface area contributed by atoms with Gasteiger partial charge in [0.2, 0.25) is 0 Å². The minimum absolute atomic E-state index is 0.0400. The lowest BCUT2D eigenvalue weighted by Gasteiger charge is -2.20. The van der Waals surface area contributed by atoms with Gasteiger partial charge in [0.15, 0.2) is 0 Å². The second-order valence-corrected chi connectivity index (χ2v) is 5.52. The van der Waals surface area contributed by atoms with E-state index >= 15 is 0 Å². The van der Waals surface area contributed by atoms with Crippen molar-refractivity contribution in [3.8, 4) is 0 Å². The van der Waals surface area contributed by atoms with Gasteiger partial charge < -0.3 is 10.5 Å². The molecule has 0 aliphatic heterocycles. The van der Waals surface area contributed by atoms with Gasteiger partial charge in [-0.2, -0.15) is 0 Å². The Morgan fingerprint density at radius 2 is 2.00 bits per heavy atom. The largest absolute Gasteiger partial charge is 0.380 e. The quantitative estimate of drug-likeness (QED) is 0.677. The Kier molecular flexibility index (Phi) is 5.51. The summed E-state index contributed by atoms with van der Waals surface area (Å²) in [6.07, 6.45) is 2.45. The minimum Gasteiger partial charge on any atom is -0.380 e. The molecule has 0 rings (SSSR count). The molecular formula is C8H19NO3S. The second-order valence-electron chi connectivity index (χ2n) is 3.26. The number of methoxy groups -OCH3 is 1. The van der Waals surface area contributed by atoms with E-state index in [0.29, 0.717) is 6.42 Å². The van der Waals surface area contributed by atoms with E-state index in [1.54, 1.807) is 7.11 Å². The summed E-state index contributed by atoms with van der Waals surface area (Å²) in [6.45, 7) is 1.97. The molecule has 0 amide bonds. The van der Waals surface area contributed by atoms with Crippen molar-refractivity contribution < 1.29 is 13.2 Å². The standard InChI is InChI=1S/C8H19NO3S/c1-4-8(12-2)7(9)5-6-13(3,10)11/h7-8H,4-6,9H2,1-3H3. The van der Waals surface area contributed by atoms with E-state index in [1.165, 1.54) is 6.26 Å². The Balaban J connectivity index is 3.92. The highest BCUT2D eigenvalue weighted by atomic mass is 32.2. The molecule has 5 heteroatoms. The van der Waals surface area contributed by atoms with Crippen LogP contribution in [-0.2, 0) is 14.6 Å². The maximum absolute atomic E-state index is 10.8. The summed E-state index contributed by atoms with van der Waals surface area (Å²) < 4.78 is 26.8. The Bertz CT molecular complexity index is 222. The fourth-order valence-electron chi connectivity index (χ4n) is 1.18. The summed E-state index contributed by atoms with van der Waals surface area (Å²) in [5, 5.41) is 0. The van der Waals surface area contributed by atoms with Crippen LogP contribution in [0.4, 0.5) is 0 Å². The molecule has 0 saturated heterocycles. The first-order valence-electron chi connectivity index (χ1n) is 4.36. The highest BCUT2D eigenvalue weighted by Crippen LogP contribution is 2.05. The zero-order valence-electron chi connectivity index (χ0n) is 8.49. The third-order valence-corrected chi connectivity index (χ3v) is 2.98. The number of rotatable bonds is 6. The van der Waals surface area contributed by atoms with Gasteiger partial charge in [0.25, 0.3) is 0 Å². The monoisotopic (exact) mass is 209 g/mol. The fourth-order valence-corrected chi connectivity index (χ4v) is 1.88.